The van der Waals surface area contributed by atoms with Gasteiger partial charge in [-0.05, 0) is 37.3 Å². The number of benzene rings is 1. The van der Waals surface area contributed by atoms with E-state index in [-0.39, 0.29) is 6.42 Å². The number of piperidine rings is 1. The molecule has 1 aliphatic rings. The number of hydrogen-bond acceptors (Lipinski definition) is 4. The van der Waals surface area contributed by atoms with Crippen molar-refractivity contribution in [1.82, 2.24) is 4.98 Å². The van der Waals surface area contributed by atoms with Gasteiger partial charge in [-0.1, -0.05) is 12.1 Å². The molecule has 0 unspecified atom stereocenters. The molecular formula is C15H18N2O3. The Hall–Kier alpha value is -2.04. The Morgan fingerprint density at radius 1 is 1.35 bits per heavy atom. The maximum Gasteiger partial charge on any atom is 0.303 e. The molecule has 2 heterocycles. The van der Waals surface area contributed by atoms with Gasteiger partial charge in [0.15, 0.2) is 5.58 Å². The highest BCUT2D eigenvalue weighted by Gasteiger charge is 2.22. The molecule has 3 rings (SSSR count). The van der Waals surface area contributed by atoms with Crippen LogP contribution in [0, 0.1) is 5.92 Å². The van der Waals surface area contributed by atoms with Gasteiger partial charge in [-0.2, -0.15) is 4.98 Å². The Morgan fingerprint density at radius 2 is 2.10 bits per heavy atom. The Balaban J connectivity index is 1.61. The summed E-state index contributed by atoms with van der Waals surface area (Å²) in [5.41, 5.74) is 1.70. The van der Waals surface area contributed by atoms with Gasteiger partial charge in [-0.3, -0.25) is 4.79 Å². The predicted octanol–water partition coefficient (Wildman–Crippen LogP) is 2.91. The van der Waals surface area contributed by atoms with Gasteiger partial charge >= 0.3 is 5.97 Å². The third-order valence-corrected chi connectivity index (χ3v) is 3.93. The van der Waals surface area contributed by atoms with Crippen molar-refractivity contribution in [2.75, 3.05) is 18.0 Å². The first-order valence-corrected chi connectivity index (χ1v) is 7.04. The molecule has 1 aliphatic heterocycles. The fourth-order valence-electron chi connectivity index (χ4n) is 2.74. The van der Waals surface area contributed by atoms with Crippen molar-refractivity contribution in [2.45, 2.75) is 25.7 Å². The van der Waals surface area contributed by atoms with Gasteiger partial charge in [0.25, 0.3) is 6.01 Å². The second kappa shape index (κ2) is 5.53. The third kappa shape index (κ3) is 2.76. The summed E-state index contributed by atoms with van der Waals surface area (Å²) in [6.07, 6.45) is 3.06. The van der Waals surface area contributed by atoms with Gasteiger partial charge in [-0.15, -0.1) is 0 Å². The van der Waals surface area contributed by atoms with Crippen LogP contribution in [0.4, 0.5) is 6.01 Å². The zero-order chi connectivity index (χ0) is 13.9. The van der Waals surface area contributed by atoms with Gasteiger partial charge < -0.3 is 14.4 Å². The highest BCUT2D eigenvalue weighted by molar-refractivity contribution is 5.74. The SMILES string of the molecule is O=C(O)CCC1CCN(c2nc3ccccc3o2)CC1. The molecule has 0 spiro atoms. The van der Waals surface area contributed by atoms with Crippen molar-refractivity contribution in [1.29, 1.82) is 0 Å². The molecule has 0 aliphatic carbocycles. The lowest BCUT2D eigenvalue weighted by Gasteiger charge is -2.30. The Bertz CT molecular complexity index is 567. The van der Waals surface area contributed by atoms with E-state index in [1.807, 2.05) is 24.3 Å². The van der Waals surface area contributed by atoms with Crippen molar-refractivity contribution in [3.8, 4) is 0 Å². The van der Waals surface area contributed by atoms with Crippen LogP contribution in [0.3, 0.4) is 0 Å². The number of para-hydroxylation sites is 2. The third-order valence-electron chi connectivity index (χ3n) is 3.93. The smallest absolute Gasteiger partial charge is 0.303 e. The van der Waals surface area contributed by atoms with E-state index in [0.29, 0.717) is 11.9 Å². The topological polar surface area (TPSA) is 66.6 Å². The van der Waals surface area contributed by atoms with Crippen LogP contribution < -0.4 is 4.90 Å². The summed E-state index contributed by atoms with van der Waals surface area (Å²) in [5.74, 6) is -0.196. The molecule has 0 bridgehead atoms. The molecule has 1 aromatic heterocycles. The van der Waals surface area contributed by atoms with Gasteiger partial charge in [0.2, 0.25) is 0 Å². The number of carboxylic acids is 1. The number of aliphatic carboxylic acids is 1. The number of nitrogens with zero attached hydrogens (tertiary/aromatic N) is 2. The van der Waals surface area contributed by atoms with E-state index >= 15 is 0 Å². The Kier molecular flexibility index (Phi) is 3.58. The number of carbonyl (C=O) groups is 1. The summed E-state index contributed by atoms with van der Waals surface area (Å²) < 4.78 is 5.76. The predicted molar refractivity (Wildman–Crippen MR) is 75.8 cm³/mol. The van der Waals surface area contributed by atoms with Crippen LogP contribution in [-0.4, -0.2) is 29.1 Å². The van der Waals surface area contributed by atoms with Crippen LogP contribution in [0.5, 0.6) is 0 Å². The van der Waals surface area contributed by atoms with Crippen LogP contribution in [0.2, 0.25) is 0 Å². The molecule has 0 radical (unpaired) electrons. The zero-order valence-corrected chi connectivity index (χ0v) is 11.3. The zero-order valence-electron chi connectivity index (χ0n) is 11.3. The summed E-state index contributed by atoms with van der Waals surface area (Å²) in [6.45, 7) is 1.77. The van der Waals surface area contributed by atoms with Crippen LogP contribution in [0.1, 0.15) is 25.7 Å². The van der Waals surface area contributed by atoms with Crippen LogP contribution in [0.15, 0.2) is 28.7 Å². The first-order chi connectivity index (χ1) is 9.72. The minimum Gasteiger partial charge on any atom is -0.481 e. The molecule has 2 aromatic rings. The lowest BCUT2D eigenvalue weighted by Crippen LogP contribution is -2.34. The van der Waals surface area contributed by atoms with Crippen LogP contribution in [-0.2, 0) is 4.79 Å². The van der Waals surface area contributed by atoms with E-state index < -0.39 is 5.97 Å². The van der Waals surface area contributed by atoms with E-state index in [1.165, 1.54) is 0 Å². The summed E-state index contributed by atoms with van der Waals surface area (Å²) >= 11 is 0. The van der Waals surface area contributed by atoms with Gasteiger partial charge in [0, 0.05) is 19.5 Å². The largest absolute Gasteiger partial charge is 0.481 e. The molecule has 5 nitrogen and oxygen atoms in total. The van der Waals surface area contributed by atoms with E-state index in [4.69, 9.17) is 9.52 Å². The average molecular weight is 274 g/mol. The number of oxazole rings is 1. The van der Waals surface area contributed by atoms with Crippen molar-refractivity contribution >= 4 is 23.1 Å². The monoisotopic (exact) mass is 274 g/mol. The number of fused-ring (bicyclic) bond motifs is 1. The second-order valence-electron chi connectivity index (χ2n) is 5.33. The number of aromatic nitrogens is 1. The lowest BCUT2D eigenvalue weighted by atomic mass is 9.92. The van der Waals surface area contributed by atoms with Crippen LogP contribution in [0.25, 0.3) is 11.1 Å². The van der Waals surface area contributed by atoms with E-state index in [1.54, 1.807) is 0 Å². The van der Waals surface area contributed by atoms with Gasteiger partial charge in [0.1, 0.15) is 5.52 Å². The highest BCUT2D eigenvalue weighted by Crippen LogP contribution is 2.27. The number of hydrogen-bond donors (Lipinski definition) is 1. The first-order valence-electron chi connectivity index (χ1n) is 7.04. The molecular weight excluding hydrogens is 256 g/mol. The number of anilines is 1. The normalized spacial score (nSPS) is 16.7. The van der Waals surface area contributed by atoms with E-state index in [2.05, 4.69) is 9.88 Å². The van der Waals surface area contributed by atoms with Crippen molar-refractivity contribution in [3.05, 3.63) is 24.3 Å². The fourth-order valence-corrected chi connectivity index (χ4v) is 2.74. The summed E-state index contributed by atoms with van der Waals surface area (Å²) in [4.78, 5) is 17.2. The highest BCUT2D eigenvalue weighted by atomic mass is 16.4. The molecule has 106 valence electrons. The average Bonchev–Trinajstić information content (AvgIpc) is 2.89. The summed E-state index contributed by atoms with van der Waals surface area (Å²) in [5, 5.41) is 8.72. The lowest BCUT2D eigenvalue weighted by molar-refractivity contribution is -0.137. The molecule has 0 saturated carbocycles. The number of rotatable bonds is 4. The van der Waals surface area contributed by atoms with E-state index in [0.717, 1.165) is 43.5 Å². The summed E-state index contributed by atoms with van der Waals surface area (Å²) in [6, 6.07) is 8.44. The van der Waals surface area contributed by atoms with Crippen molar-refractivity contribution in [2.24, 2.45) is 5.92 Å². The molecule has 1 N–H and O–H groups in total. The molecule has 0 amide bonds. The molecule has 1 fully saturated rings. The Morgan fingerprint density at radius 3 is 2.80 bits per heavy atom. The van der Waals surface area contributed by atoms with Crippen LogP contribution >= 0.6 is 0 Å². The second-order valence-corrected chi connectivity index (χ2v) is 5.33. The van der Waals surface area contributed by atoms with Gasteiger partial charge in [0.05, 0.1) is 0 Å². The maximum atomic E-state index is 10.6. The summed E-state index contributed by atoms with van der Waals surface area (Å²) in [7, 11) is 0. The van der Waals surface area contributed by atoms with E-state index in [9.17, 15) is 4.79 Å². The fraction of sp³-hybridized carbons (Fsp3) is 0.467. The maximum absolute atomic E-state index is 10.6. The molecule has 5 heteroatoms. The quantitative estimate of drug-likeness (QED) is 0.928. The number of carboxylic acid groups (broad SMARTS) is 1. The van der Waals surface area contributed by atoms with Crippen molar-refractivity contribution in [3.63, 3.8) is 0 Å². The minimum absolute atomic E-state index is 0.271. The van der Waals surface area contributed by atoms with Gasteiger partial charge in [-0.25, -0.2) is 0 Å². The van der Waals surface area contributed by atoms with Crippen molar-refractivity contribution < 1.29 is 14.3 Å². The Labute approximate surface area is 117 Å². The standard InChI is InChI=1S/C15H18N2O3/c18-14(19)6-5-11-7-9-17(10-8-11)15-16-12-3-1-2-4-13(12)20-15/h1-4,11H,5-10H2,(H,18,19). The first kappa shape index (κ1) is 13.0. The minimum atomic E-state index is -0.702. The molecule has 1 saturated heterocycles. The molecule has 1 aromatic carbocycles. The molecule has 0 atom stereocenters. The molecule has 20 heavy (non-hydrogen) atoms.